The summed E-state index contributed by atoms with van der Waals surface area (Å²) in [6.45, 7) is 1.66. The molecule has 0 aliphatic carbocycles. The Kier molecular flexibility index (Phi) is 2.17. The number of rotatable bonds is 1. The van der Waals surface area contributed by atoms with Gasteiger partial charge in [-0.25, -0.2) is 4.39 Å². The van der Waals surface area contributed by atoms with Crippen LogP contribution in [0.15, 0.2) is 30.6 Å². The van der Waals surface area contributed by atoms with Gasteiger partial charge in [-0.05, 0) is 30.0 Å². The molecule has 0 saturated carbocycles. The lowest BCUT2D eigenvalue weighted by Crippen LogP contribution is -1.94. The smallest absolute Gasteiger partial charge is 0.132 e. The van der Waals surface area contributed by atoms with Gasteiger partial charge in [-0.2, -0.15) is 0 Å². The summed E-state index contributed by atoms with van der Waals surface area (Å²) < 4.78 is 13.3. The van der Waals surface area contributed by atoms with Crippen LogP contribution in [-0.4, -0.2) is 10.1 Å². The molecule has 2 nitrogen and oxygen atoms in total. The summed E-state index contributed by atoms with van der Waals surface area (Å²) in [6, 6.07) is 4.66. The van der Waals surface area contributed by atoms with E-state index in [1.807, 2.05) is 0 Å². The van der Waals surface area contributed by atoms with Crippen LogP contribution in [0.1, 0.15) is 18.6 Å². The number of aliphatic hydroxyl groups is 1. The zero-order chi connectivity index (χ0) is 10.1. The van der Waals surface area contributed by atoms with Crippen molar-refractivity contribution in [3.05, 3.63) is 42.0 Å². The molecule has 0 fully saturated rings. The minimum atomic E-state index is -0.597. The van der Waals surface area contributed by atoms with Crippen molar-refractivity contribution in [3.8, 4) is 0 Å². The van der Waals surface area contributed by atoms with Crippen molar-refractivity contribution >= 4 is 10.8 Å². The molecule has 0 saturated heterocycles. The predicted octanol–water partition coefficient (Wildman–Crippen LogP) is 2.43. The lowest BCUT2D eigenvalue weighted by atomic mass is 10.0. The largest absolute Gasteiger partial charge is 0.389 e. The van der Waals surface area contributed by atoms with E-state index >= 15 is 0 Å². The second-order valence-corrected chi connectivity index (χ2v) is 3.23. The molecule has 0 spiro atoms. The van der Waals surface area contributed by atoms with Crippen molar-refractivity contribution in [3.63, 3.8) is 0 Å². The number of aromatic nitrogens is 1. The van der Waals surface area contributed by atoms with Gasteiger partial charge in [0.25, 0.3) is 0 Å². The first-order valence-electron chi connectivity index (χ1n) is 4.40. The highest BCUT2D eigenvalue weighted by Crippen LogP contribution is 2.25. The Labute approximate surface area is 81.0 Å². The van der Waals surface area contributed by atoms with Crippen LogP contribution in [0.5, 0.6) is 0 Å². The summed E-state index contributed by atoms with van der Waals surface area (Å²) in [5.74, 6) is -0.308. The highest BCUT2D eigenvalue weighted by molar-refractivity contribution is 5.85. The van der Waals surface area contributed by atoms with E-state index in [0.717, 1.165) is 10.9 Å². The van der Waals surface area contributed by atoms with E-state index in [1.54, 1.807) is 25.3 Å². The van der Waals surface area contributed by atoms with E-state index < -0.39 is 6.10 Å². The van der Waals surface area contributed by atoms with Crippen LogP contribution in [0.2, 0.25) is 0 Å². The molecular formula is C11H10FNO. The Bertz CT molecular complexity index is 468. The first kappa shape index (κ1) is 9.09. The monoisotopic (exact) mass is 191 g/mol. The maximum absolute atomic E-state index is 13.3. The predicted molar refractivity (Wildman–Crippen MR) is 52.3 cm³/mol. The first-order valence-corrected chi connectivity index (χ1v) is 4.40. The van der Waals surface area contributed by atoms with Gasteiger partial charge in [0.2, 0.25) is 0 Å². The molecule has 0 amide bonds. The van der Waals surface area contributed by atoms with Gasteiger partial charge < -0.3 is 5.11 Å². The van der Waals surface area contributed by atoms with E-state index in [2.05, 4.69) is 4.98 Å². The molecule has 1 aromatic carbocycles. The average Bonchev–Trinajstić information content (AvgIpc) is 2.18. The zero-order valence-electron chi connectivity index (χ0n) is 7.74. The van der Waals surface area contributed by atoms with Crippen LogP contribution in [0.3, 0.4) is 0 Å². The Morgan fingerprint density at radius 3 is 2.79 bits per heavy atom. The molecule has 2 rings (SSSR count). The van der Waals surface area contributed by atoms with Gasteiger partial charge in [0.15, 0.2) is 0 Å². The zero-order valence-corrected chi connectivity index (χ0v) is 7.74. The maximum atomic E-state index is 13.3. The molecule has 0 aliphatic heterocycles. The maximum Gasteiger partial charge on any atom is 0.132 e. The average molecular weight is 191 g/mol. The molecule has 2 aromatic rings. The number of aliphatic hydroxyl groups excluding tert-OH is 1. The molecule has 1 atom stereocenters. The fourth-order valence-corrected chi connectivity index (χ4v) is 1.54. The Hall–Kier alpha value is -1.48. The Morgan fingerprint density at radius 2 is 2.07 bits per heavy atom. The SMILES string of the molecule is CC(O)c1ccc(F)c2cnccc12. The summed E-state index contributed by atoms with van der Waals surface area (Å²) in [6.07, 6.45) is 2.46. The van der Waals surface area contributed by atoms with Crippen molar-refractivity contribution < 1.29 is 9.50 Å². The van der Waals surface area contributed by atoms with Gasteiger partial charge in [-0.3, -0.25) is 4.98 Å². The number of benzene rings is 1. The van der Waals surface area contributed by atoms with E-state index in [4.69, 9.17) is 0 Å². The molecule has 1 heterocycles. The van der Waals surface area contributed by atoms with Gasteiger partial charge >= 0.3 is 0 Å². The Balaban J connectivity index is 2.82. The van der Waals surface area contributed by atoms with Crippen molar-refractivity contribution in [1.82, 2.24) is 4.98 Å². The van der Waals surface area contributed by atoms with Crippen LogP contribution < -0.4 is 0 Å². The molecule has 1 aromatic heterocycles. The van der Waals surface area contributed by atoms with Gasteiger partial charge in [-0.1, -0.05) is 6.07 Å². The van der Waals surface area contributed by atoms with Crippen LogP contribution in [-0.2, 0) is 0 Å². The number of nitrogens with zero attached hydrogens (tertiary/aromatic N) is 1. The van der Waals surface area contributed by atoms with E-state index in [0.29, 0.717) is 5.39 Å². The van der Waals surface area contributed by atoms with Gasteiger partial charge in [0.1, 0.15) is 5.82 Å². The summed E-state index contributed by atoms with van der Waals surface area (Å²) in [7, 11) is 0. The molecule has 1 N–H and O–H groups in total. The minimum Gasteiger partial charge on any atom is -0.389 e. The third kappa shape index (κ3) is 1.36. The Morgan fingerprint density at radius 1 is 1.29 bits per heavy atom. The lowest BCUT2D eigenvalue weighted by Gasteiger charge is -2.08. The third-order valence-corrected chi connectivity index (χ3v) is 2.25. The highest BCUT2D eigenvalue weighted by atomic mass is 19.1. The first-order chi connectivity index (χ1) is 6.70. The molecule has 0 bridgehead atoms. The molecule has 0 radical (unpaired) electrons. The van der Waals surface area contributed by atoms with Crippen molar-refractivity contribution in [2.24, 2.45) is 0 Å². The molecule has 14 heavy (non-hydrogen) atoms. The standard InChI is InChI=1S/C11H10FNO/c1-7(14)8-2-3-11(12)10-6-13-5-4-9(8)10/h2-7,14H,1H3. The van der Waals surface area contributed by atoms with Gasteiger partial charge in [-0.15, -0.1) is 0 Å². The molecular weight excluding hydrogens is 181 g/mol. The third-order valence-electron chi connectivity index (χ3n) is 2.25. The van der Waals surface area contributed by atoms with Crippen molar-refractivity contribution in [2.45, 2.75) is 13.0 Å². The van der Waals surface area contributed by atoms with E-state index in [-0.39, 0.29) is 5.82 Å². The van der Waals surface area contributed by atoms with Crippen molar-refractivity contribution in [1.29, 1.82) is 0 Å². The molecule has 3 heteroatoms. The van der Waals surface area contributed by atoms with Crippen LogP contribution in [0.25, 0.3) is 10.8 Å². The lowest BCUT2D eigenvalue weighted by molar-refractivity contribution is 0.201. The van der Waals surface area contributed by atoms with Crippen LogP contribution in [0, 0.1) is 5.82 Å². The van der Waals surface area contributed by atoms with Gasteiger partial charge in [0, 0.05) is 17.8 Å². The fraction of sp³-hybridized carbons (Fsp3) is 0.182. The van der Waals surface area contributed by atoms with Crippen LogP contribution in [0.4, 0.5) is 4.39 Å². The van der Waals surface area contributed by atoms with Crippen LogP contribution >= 0.6 is 0 Å². The summed E-state index contributed by atoms with van der Waals surface area (Å²) >= 11 is 0. The van der Waals surface area contributed by atoms with E-state index in [1.165, 1.54) is 12.3 Å². The highest BCUT2D eigenvalue weighted by Gasteiger charge is 2.08. The number of fused-ring (bicyclic) bond motifs is 1. The molecule has 72 valence electrons. The topological polar surface area (TPSA) is 33.1 Å². The summed E-state index contributed by atoms with van der Waals surface area (Å²) in [5.41, 5.74) is 0.726. The second-order valence-electron chi connectivity index (χ2n) is 3.23. The number of halogens is 1. The van der Waals surface area contributed by atoms with Gasteiger partial charge in [0.05, 0.1) is 6.10 Å². The quantitative estimate of drug-likeness (QED) is 0.750. The number of hydrogen-bond acceptors (Lipinski definition) is 2. The summed E-state index contributed by atoms with van der Waals surface area (Å²) in [5, 5.41) is 10.6. The normalized spacial score (nSPS) is 13.1. The number of hydrogen-bond donors (Lipinski definition) is 1. The fourth-order valence-electron chi connectivity index (χ4n) is 1.54. The number of pyridine rings is 1. The molecule has 0 aliphatic rings. The second kappa shape index (κ2) is 3.35. The molecule has 1 unspecified atom stereocenters. The van der Waals surface area contributed by atoms with Crippen molar-refractivity contribution in [2.75, 3.05) is 0 Å². The summed E-state index contributed by atoms with van der Waals surface area (Å²) in [4.78, 5) is 3.85. The minimum absolute atomic E-state index is 0.308. The van der Waals surface area contributed by atoms with E-state index in [9.17, 15) is 9.50 Å².